The maximum absolute atomic E-state index is 12.3. The molecule has 0 N–H and O–H groups in total. The lowest BCUT2D eigenvalue weighted by atomic mass is 9.32. The number of fused-ring (bicyclic) bond motifs is 10. The molecule has 5 saturated carbocycles. The molecule has 0 aromatic carbocycles. The Morgan fingerprint density at radius 2 is 1.43 bits per heavy atom. The van der Waals surface area contributed by atoms with Crippen LogP contribution in [0.4, 0.5) is 0 Å². The summed E-state index contributed by atoms with van der Waals surface area (Å²) in [5.41, 5.74) is 2.45. The highest BCUT2D eigenvalue weighted by atomic mass is 79.9. The van der Waals surface area contributed by atoms with Crippen molar-refractivity contribution in [3.05, 3.63) is 12.2 Å². The number of halogens is 1. The van der Waals surface area contributed by atoms with Crippen LogP contribution in [0.3, 0.4) is 0 Å². The van der Waals surface area contributed by atoms with E-state index in [-0.39, 0.29) is 62.1 Å². The number of carbonyl (C=O) groups excluding carboxylic acids is 2. The number of piperidine rings is 3. The summed E-state index contributed by atoms with van der Waals surface area (Å²) in [6.45, 7) is 26.9. The Morgan fingerprint density at radius 1 is 0.745 bits per heavy atom. The van der Waals surface area contributed by atoms with Gasteiger partial charge in [-0.1, -0.05) is 41.2 Å². The summed E-state index contributed by atoms with van der Waals surface area (Å²) in [6, 6.07) is 0. The zero-order valence-corrected chi connectivity index (χ0v) is 32.5. The fraction of sp³-hybridized carbons (Fsp3) is 0.902. The van der Waals surface area contributed by atoms with Gasteiger partial charge in [0.1, 0.15) is 12.6 Å². The van der Waals surface area contributed by atoms with E-state index >= 15 is 0 Å². The van der Waals surface area contributed by atoms with Crippen LogP contribution in [-0.4, -0.2) is 55.3 Å². The summed E-state index contributed by atoms with van der Waals surface area (Å²) < 4.78 is 13.3. The van der Waals surface area contributed by atoms with E-state index in [2.05, 4.69) is 34.6 Å². The van der Waals surface area contributed by atoms with Crippen molar-refractivity contribution in [1.29, 1.82) is 0 Å². The first kappa shape index (κ1) is 35.9. The van der Waals surface area contributed by atoms with Gasteiger partial charge < -0.3 is 30.9 Å². The highest BCUT2D eigenvalue weighted by Crippen LogP contribution is 2.77. The predicted octanol–water partition coefficient (Wildman–Crippen LogP) is 5.75. The average molecular weight is 717 g/mol. The van der Waals surface area contributed by atoms with E-state index in [9.17, 15) is 9.59 Å². The molecule has 8 aliphatic rings. The van der Waals surface area contributed by atoms with E-state index in [1.807, 2.05) is 0 Å². The van der Waals surface area contributed by atoms with Crippen LogP contribution in [0.2, 0.25) is 0 Å². The molecule has 0 aromatic heterocycles. The topological polar surface area (TPSA) is 52.6 Å². The molecule has 0 radical (unpaired) electrons. The van der Waals surface area contributed by atoms with Crippen LogP contribution < -0.4 is 17.0 Å². The minimum Gasteiger partial charge on any atom is -1.00 e. The molecule has 0 amide bonds. The third kappa shape index (κ3) is 5.36. The summed E-state index contributed by atoms with van der Waals surface area (Å²) in [5.74, 6) is 3.77. The molecule has 0 aromatic rings. The number of rotatable bonds is 6. The Kier molecular flexibility index (Phi) is 9.27. The first-order chi connectivity index (χ1) is 21.6. The maximum Gasteiger partial charge on any atom is 0.302 e. The zero-order valence-electron chi connectivity index (χ0n) is 30.9. The van der Waals surface area contributed by atoms with Gasteiger partial charge in [-0.05, 0) is 141 Å². The number of hydrogen-bond acceptors (Lipinski definition) is 4. The standard InChI is InChI=1S/C41H66NO4.BrH/c1-27(25-42-22-14-30(15-23-42)16-24-42)31-11-19-41(26-45-28(2)43)21-20-39(7)32(36(31)41)9-10-34-38(6)17-13-35(46-29(3)44)37(4,5)33(38)12-18-40(34,39)8;/h30-36H,1,9-26H2,2-8H3;1H/q+1;/p-1/t30?,31-,32?,33?,34?,35-,36?,38-,39+,40+,41+,42?;/m0./s1. The fourth-order valence-corrected chi connectivity index (χ4v) is 15.0. The maximum atomic E-state index is 12.3. The first-order valence-corrected chi connectivity index (χ1v) is 19.4. The van der Waals surface area contributed by atoms with Crippen LogP contribution >= 0.6 is 0 Å². The molecule has 2 bridgehead atoms. The summed E-state index contributed by atoms with van der Waals surface area (Å²) in [5, 5.41) is 0. The first-order valence-electron chi connectivity index (χ1n) is 19.4. The molecule has 47 heavy (non-hydrogen) atoms. The SMILES string of the molecule is C=C(C[N+]12CCC(CC1)CC2)[C@@H]1CC[C@]2(COC(C)=O)CC[C@]3(C)C(CCC4[C@@]5(C)CC[C@H](OC(C)=O)C(C)(C)C5CC[C@]43C)C12.[Br-]. The molecule has 6 heteroatoms. The zero-order chi connectivity index (χ0) is 32.9. The fourth-order valence-electron chi connectivity index (χ4n) is 15.0. The second-order valence-corrected chi connectivity index (χ2v) is 19.5. The van der Waals surface area contributed by atoms with Gasteiger partial charge in [0, 0.05) is 24.7 Å². The lowest BCUT2D eigenvalue weighted by molar-refractivity contribution is -0.938. The molecule has 3 heterocycles. The average Bonchev–Trinajstić information content (AvgIpc) is 3.39. The van der Waals surface area contributed by atoms with Crippen LogP contribution in [0.5, 0.6) is 0 Å². The minimum absolute atomic E-state index is 0. The smallest absolute Gasteiger partial charge is 0.302 e. The van der Waals surface area contributed by atoms with Crippen LogP contribution in [0, 0.1) is 62.6 Å². The van der Waals surface area contributed by atoms with E-state index in [0.29, 0.717) is 36.2 Å². The number of carbonyl (C=O) groups is 2. The second kappa shape index (κ2) is 12.1. The Hall–Kier alpha value is -0.880. The highest BCUT2D eigenvalue weighted by Gasteiger charge is 2.71. The predicted molar refractivity (Wildman–Crippen MR) is 183 cm³/mol. The van der Waals surface area contributed by atoms with Gasteiger partial charge in [0.15, 0.2) is 0 Å². The number of nitrogens with zero attached hydrogens (tertiary/aromatic N) is 1. The molecule has 4 unspecified atom stereocenters. The summed E-state index contributed by atoms with van der Waals surface area (Å²) in [4.78, 5) is 24.3. The van der Waals surface area contributed by atoms with Crippen LogP contribution in [0.15, 0.2) is 12.2 Å². The summed E-state index contributed by atoms with van der Waals surface area (Å²) >= 11 is 0. The van der Waals surface area contributed by atoms with Crippen molar-refractivity contribution in [2.75, 3.05) is 32.8 Å². The van der Waals surface area contributed by atoms with E-state index in [4.69, 9.17) is 16.1 Å². The van der Waals surface area contributed by atoms with Gasteiger partial charge in [0.2, 0.25) is 0 Å². The second-order valence-electron chi connectivity index (χ2n) is 19.5. The molecular weight excluding hydrogens is 650 g/mol. The Bertz CT molecular complexity index is 1240. The van der Waals surface area contributed by atoms with Crippen molar-refractivity contribution in [3.63, 3.8) is 0 Å². The number of quaternary nitrogens is 1. The largest absolute Gasteiger partial charge is 1.00 e. The van der Waals surface area contributed by atoms with E-state index in [0.717, 1.165) is 12.3 Å². The van der Waals surface area contributed by atoms with Gasteiger partial charge in [-0.2, -0.15) is 0 Å². The molecule has 8 fully saturated rings. The van der Waals surface area contributed by atoms with Gasteiger partial charge in [-0.15, -0.1) is 0 Å². The van der Waals surface area contributed by atoms with E-state index in [1.54, 1.807) is 13.8 Å². The molecule has 5 aliphatic carbocycles. The molecule has 3 aliphatic heterocycles. The number of ether oxygens (including phenoxy) is 2. The number of esters is 2. The van der Waals surface area contributed by atoms with Crippen molar-refractivity contribution in [2.45, 2.75) is 138 Å². The summed E-state index contributed by atoms with van der Waals surface area (Å²) in [6.07, 6.45) is 16.4. The van der Waals surface area contributed by atoms with Crippen molar-refractivity contribution in [2.24, 2.45) is 62.6 Å². The summed E-state index contributed by atoms with van der Waals surface area (Å²) in [7, 11) is 0. The lowest BCUT2D eigenvalue weighted by Gasteiger charge is -2.73. The van der Waals surface area contributed by atoms with Gasteiger partial charge in [-0.25, -0.2) is 0 Å². The van der Waals surface area contributed by atoms with Crippen LogP contribution in [-0.2, 0) is 19.1 Å². The van der Waals surface area contributed by atoms with Crippen molar-refractivity contribution in [1.82, 2.24) is 0 Å². The molecule has 0 spiro atoms. The Morgan fingerprint density at radius 3 is 2.06 bits per heavy atom. The number of hydrogen-bond donors (Lipinski definition) is 0. The van der Waals surface area contributed by atoms with Crippen LogP contribution in [0.25, 0.3) is 0 Å². The monoisotopic (exact) mass is 715 g/mol. The third-order valence-corrected chi connectivity index (χ3v) is 17.5. The van der Waals surface area contributed by atoms with Crippen molar-refractivity contribution < 1.29 is 40.5 Å². The Balaban J connectivity index is 0.00000386. The molecule has 5 nitrogen and oxygen atoms in total. The van der Waals surface area contributed by atoms with Gasteiger partial charge >= 0.3 is 11.9 Å². The quantitative estimate of drug-likeness (QED) is 0.200. The van der Waals surface area contributed by atoms with Crippen molar-refractivity contribution >= 4 is 11.9 Å². The molecular formula is C41H66BrNO4. The molecule has 8 rings (SSSR count). The molecule has 10 atom stereocenters. The lowest BCUT2D eigenvalue weighted by Crippen LogP contribution is -3.00. The third-order valence-electron chi connectivity index (χ3n) is 17.5. The van der Waals surface area contributed by atoms with E-state index < -0.39 is 0 Å². The van der Waals surface area contributed by atoms with Crippen molar-refractivity contribution in [3.8, 4) is 0 Å². The minimum atomic E-state index is -0.128. The Labute approximate surface area is 297 Å². The normalized spacial score (nSPS) is 49.3. The van der Waals surface area contributed by atoms with Gasteiger partial charge in [0.05, 0.1) is 26.2 Å². The molecule has 3 saturated heterocycles. The molecule has 266 valence electrons. The van der Waals surface area contributed by atoms with Gasteiger partial charge in [-0.3, -0.25) is 9.59 Å². The highest BCUT2D eigenvalue weighted by molar-refractivity contribution is 5.66. The van der Waals surface area contributed by atoms with E-state index in [1.165, 1.54) is 113 Å². The van der Waals surface area contributed by atoms with Gasteiger partial charge in [0.25, 0.3) is 0 Å². The van der Waals surface area contributed by atoms with Crippen LogP contribution in [0.1, 0.15) is 132 Å².